The van der Waals surface area contributed by atoms with Crippen LogP contribution < -0.4 is 0 Å². The van der Waals surface area contributed by atoms with Crippen LogP contribution in [0, 0.1) is 6.43 Å². The number of rotatable bonds is 13. The van der Waals surface area contributed by atoms with Crippen LogP contribution in [0.5, 0.6) is 0 Å². The largest absolute Gasteiger partial charge is 0.310 e. The standard InChI is InChI=1S/C15H29F2/c1-2-3-4-5-6-7-8-9-10-11-12-13-14-15(16)17/h2-14H2,1H3. The average molecular weight is 247 g/mol. The van der Waals surface area contributed by atoms with E-state index in [4.69, 9.17) is 0 Å². The monoisotopic (exact) mass is 247 g/mol. The first kappa shape index (κ1) is 16.9. The van der Waals surface area contributed by atoms with E-state index in [-0.39, 0.29) is 6.42 Å². The van der Waals surface area contributed by atoms with Crippen molar-refractivity contribution >= 4 is 0 Å². The summed E-state index contributed by atoms with van der Waals surface area (Å²) >= 11 is 0. The van der Waals surface area contributed by atoms with Crippen molar-refractivity contribution in [2.24, 2.45) is 0 Å². The van der Waals surface area contributed by atoms with Gasteiger partial charge in [0.15, 0.2) is 0 Å². The van der Waals surface area contributed by atoms with Gasteiger partial charge in [-0.1, -0.05) is 77.6 Å². The topological polar surface area (TPSA) is 0 Å². The van der Waals surface area contributed by atoms with Crippen LogP contribution in [0.4, 0.5) is 8.78 Å². The zero-order valence-corrected chi connectivity index (χ0v) is 11.4. The summed E-state index contributed by atoms with van der Waals surface area (Å²) in [6.45, 7) is 2.24. The van der Waals surface area contributed by atoms with Crippen molar-refractivity contribution in [2.45, 2.75) is 90.4 Å². The maximum absolute atomic E-state index is 11.8. The molecule has 0 aromatic heterocycles. The normalized spacial score (nSPS) is 11.3. The molecule has 17 heavy (non-hydrogen) atoms. The Balaban J connectivity index is 2.89. The van der Waals surface area contributed by atoms with Crippen molar-refractivity contribution in [3.8, 4) is 0 Å². The minimum absolute atomic E-state index is 0.0113. The third-order valence-corrected chi connectivity index (χ3v) is 3.22. The minimum Gasteiger partial charge on any atom is -0.200 e. The number of unbranched alkanes of at least 4 members (excludes halogenated alkanes) is 11. The molecule has 0 saturated heterocycles. The third kappa shape index (κ3) is 15.9. The molecule has 0 nitrogen and oxygen atoms in total. The Morgan fingerprint density at radius 1 is 0.588 bits per heavy atom. The lowest BCUT2D eigenvalue weighted by Crippen LogP contribution is -1.84. The Hall–Kier alpha value is -0.140. The van der Waals surface area contributed by atoms with Gasteiger partial charge >= 0.3 is 6.43 Å². The first-order chi connectivity index (χ1) is 8.27. The molecule has 2 heteroatoms. The zero-order valence-electron chi connectivity index (χ0n) is 11.4. The van der Waals surface area contributed by atoms with E-state index < -0.39 is 6.43 Å². The number of hydrogen-bond acceptors (Lipinski definition) is 0. The lowest BCUT2D eigenvalue weighted by molar-refractivity contribution is 0.264. The molecule has 0 unspecified atom stereocenters. The van der Waals surface area contributed by atoms with Crippen LogP contribution in [-0.4, -0.2) is 0 Å². The molecule has 0 heterocycles. The summed E-state index contributed by atoms with van der Waals surface area (Å²) in [5.41, 5.74) is 0. The van der Waals surface area contributed by atoms with Gasteiger partial charge in [-0.05, 0) is 6.42 Å². The van der Waals surface area contributed by atoms with Gasteiger partial charge in [0.05, 0.1) is 0 Å². The van der Waals surface area contributed by atoms with Gasteiger partial charge in [0.2, 0.25) is 0 Å². The van der Waals surface area contributed by atoms with Crippen molar-refractivity contribution in [3.05, 3.63) is 6.43 Å². The van der Waals surface area contributed by atoms with Crippen molar-refractivity contribution < 1.29 is 8.78 Å². The zero-order chi connectivity index (χ0) is 12.8. The van der Waals surface area contributed by atoms with Gasteiger partial charge in [-0.25, -0.2) is 0 Å². The molecule has 0 saturated carbocycles. The van der Waals surface area contributed by atoms with Crippen molar-refractivity contribution in [2.75, 3.05) is 0 Å². The smallest absolute Gasteiger partial charge is 0.200 e. The van der Waals surface area contributed by atoms with Crippen LogP contribution in [0.25, 0.3) is 0 Å². The SMILES string of the molecule is CCCCCCCCCCCCCC[C](F)F. The van der Waals surface area contributed by atoms with Crippen LogP contribution in [0.15, 0.2) is 0 Å². The van der Waals surface area contributed by atoms with E-state index in [1.54, 1.807) is 0 Å². The molecule has 1 radical (unpaired) electrons. The van der Waals surface area contributed by atoms with Crippen LogP contribution in [0.1, 0.15) is 90.4 Å². The molecule has 0 aromatic carbocycles. The first-order valence-corrected chi connectivity index (χ1v) is 7.44. The predicted molar refractivity (Wildman–Crippen MR) is 71.2 cm³/mol. The predicted octanol–water partition coefficient (Wildman–Crippen LogP) is 6.51. The average Bonchev–Trinajstić information content (AvgIpc) is 2.30. The maximum Gasteiger partial charge on any atom is 0.310 e. The molecule has 0 bridgehead atoms. The molecule has 0 aliphatic carbocycles. The quantitative estimate of drug-likeness (QED) is 0.326. The Kier molecular flexibility index (Phi) is 13.8. The summed E-state index contributed by atoms with van der Waals surface area (Å²) in [5.74, 6) is 0. The summed E-state index contributed by atoms with van der Waals surface area (Å²) in [6.07, 6.45) is 13.4. The van der Waals surface area contributed by atoms with Crippen LogP contribution in [0.2, 0.25) is 0 Å². The van der Waals surface area contributed by atoms with Crippen molar-refractivity contribution in [1.29, 1.82) is 0 Å². The van der Waals surface area contributed by atoms with Gasteiger partial charge in [-0.15, -0.1) is 0 Å². The van der Waals surface area contributed by atoms with E-state index >= 15 is 0 Å². The molecule has 0 aliphatic rings. The van der Waals surface area contributed by atoms with E-state index in [0.717, 1.165) is 12.8 Å². The fraction of sp³-hybridized carbons (Fsp3) is 0.933. The van der Waals surface area contributed by atoms with Crippen LogP contribution >= 0.6 is 0 Å². The highest BCUT2D eigenvalue weighted by atomic mass is 19.3. The van der Waals surface area contributed by atoms with Crippen LogP contribution in [-0.2, 0) is 0 Å². The molecular weight excluding hydrogens is 218 g/mol. The molecule has 0 fully saturated rings. The van der Waals surface area contributed by atoms with Gasteiger partial charge < -0.3 is 0 Å². The highest BCUT2D eigenvalue weighted by Crippen LogP contribution is 2.16. The second kappa shape index (κ2) is 13.9. The fourth-order valence-electron chi connectivity index (χ4n) is 2.10. The van der Waals surface area contributed by atoms with Gasteiger partial charge in [0, 0.05) is 6.42 Å². The Morgan fingerprint density at radius 2 is 0.941 bits per heavy atom. The summed E-state index contributed by atoms with van der Waals surface area (Å²) < 4.78 is 23.5. The van der Waals surface area contributed by atoms with Gasteiger partial charge in [-0.3, -0.25) is 0 Å². The molecule has 103 valence electrons. The van der Waals surface area contributed by atoms with E-state index in [1.807, 2.05) is 0 Å². The molecule has 0 amide bonds. The summed E-state index contributed by atoms with van der Waals surface area (Å²) in [5, 5.41) is 0. The molecule has 0 rings (SSSR count). The highest BCUT2D eigenvalue weighted by molar-refractivity contribution is 4.58. The molecule has 0 N–H and O–H groups in total. The number of hydrogen-bond donors (Lipinski definition) is 0. The minimum atomic E-state index is -1.41. The highest BCUT2D eigenvalue weighted by Gasteiger charge is 2.03. The first-order valence-electron chi connectivity index (χ1n) is 7.44. The lowest BCUT2D eigenvalue weighted by Gasteiger charge is -2.02. The van der Waals surface area contributed by atoms with Crippen LogP contribution in [0.3, 0.4) is 0 Å². The maximum atomic E-state index is 11.8. The summed E-state index contributed by atoms with van der Waals surface area (Å²) in [6, 6.07) is 0. The summed E-state index contributed by atoms with van der Waals surface area (Å²) in [4.78, 5) is 0. The van der Waals surface area contributed by atoms with E-state index in [2.05, 4.69) is 6.92 Å². The molecule has 0 aromatic rings. The third-order valence-electron chi connectivity index (χ3n) is 3.22. The van der Waals surface area contributed by atoms with Gasteiger partial charge in [0.25, 0.3) is 0 Å². The molecular formula is C15H29F2. The lowest BCUT2D eigenvalue weighted by atomic mass is 10.0. The van der Waals surface area contributed by atoms with E-state index in [9.17, 15) is 8.78 Å². The van der Waals surface area contributed by atoms with E-state index in [1.165, 1.54) is 57.8 Å². The Bertz CT molecular complexity index is 135. The second-order valence-corrected chi connectivity index (χ2v) is 4.98. The van der Waals surface area contributed by atoms with Crippen molar-refractivity contribution in [1.82, 2.24) is 0 Å². The van der Waals surface area contributed by atoms with E-state index in [0.29, 0.717) is 6.42 Å². The molecule has 0 aliphatic heterocycles. The van der Waals surface area contributed by atoms with Gasteiger partial charge in [0.1, 0.15) is 0 Å². The van der Waals surface area contributed by atoms with Crippen molar-refractivity contribution in [3.63, 3.8) is 0 Å². The summed E-state index contributed by atoms with van der Waals surface area (Å²) in [7, 11) is 0. The second-order valence-electron chi connectivity index (χ2n) is 4.98. The Morgan fingerprint density at radius 3 is 1.29 bits per heavy atom. The Labute approximate surface area is 106 Å². The van der Waals surface area contributed by atoms with Gasteiger partial charge in [-0.2, -0.15) is 8.78 Å². The molecule has 0 atom stereocenters. The fourth-order valence-corrected chi connectivity index (χ4v) is 2.10. The molecule has 0 spiro atoms. The number of halogens is 2.